The second-order valence-electron chi connectivity index (χ2n) is 6.31. The molecule has 1 unspecified atom stereocenters. The molecular formula is C18H14BrF2N. The van der Waals surface area contributed by atoms with Crippen LogP contribution in [0.3, 0.4) is 0 Å². The summed E-state index contributed by atoms with van der Waals surface area (Å²) in [6.45, 7) is 0. The lowest BCUT2D eigenvalue weighted by Gasteiger charge is -2.35. The van der Waals surface area contributed by atoms with Crippen molar-refractivity contribution in [3.8, 4) is 0 Å². The number of hydrogen-bond acceptors (Lipinski definition) is 1. The Labute approximate surface area is 136 Å². The number of nitrogens with one attached hydrogen (secondary N) is 1. The van der Waals surface area contributed by atoms with E-state index in [-0.39, 0.29) is 5.41 Å². The summed E-state index contributed by atoms with van der Waals surface area (Å²) in [5.41, 5.74) is 3.89. The molecule has 0 aliphatic heterocycles. The molecule has 0 saturated carbocycles. The molecule has 112 valence electrons. The van der Waals surface area contributed by atoms with Crippen LogP contribution < -0.4 is 0 Å². The molecule has 0 radical (unpaired) electrons. The van der Waals surface area contributed by atoms with Crippen molar-refractivity contribution in [2.45, 2.75) is 25.7 Å². The summed E-state index contributed by atoms with van der Waals surface area (Å²) in [7, 11) is 0. The third kappa shape index (κ3) is 1.89. The van der Waals surface area contributed by atoms with Gasteiger partial charge in [0.05, 0.1) is 0 Å². The zero-order valence-corrected chi connectivity index (χ0v) is 13.4. The fourth-order valence-corrected chi connectivity index (χ4v) is 4.29. The highest BCUT2D eigenvalue weighted by Crippen LogP contribution is 2.47. The summed E-state index contributed by atoms with van der Waals surface area (Å²) < 4.78 is 28.3. The van der Waals surface area contributed by atoms with Crippen LogP contribution in [0.2, 0.25) is 0 Å². The third-order valence-electron chi connectivity index (χ3n) is 5.08. The first-order valence-corrected chi connectivity index (χ1v) is 8.13. The van der Waals surface area contributed by atoms with Crippen molar-refractivity contribution in [1.29, 1.82) is 5.41 Å². The van der Waals surface area contributed by atoms with Gasteiger partial charge < -0.3 is 5.41 Å². The standard InChI is InChI=1S/C18H14BrF2N/c19-12-3-1-11-9-18(17(22)14(11)7-12)6-5-13-10(8-18)2-4-15(20)16(13)21/h1-4,7,22H,5-6,8-9H2. The van der Waals surface area contributed by atoms with Crippen molar-refractivity contribution in [3.05, 3.63) is 68.7 Å². The summed E-state index contributed by atoms with van der Waals surface area (Å²) in [5.74, 6) is -1.49. The van der Waals surface area contributed by atoms with Gasteiger partial charge in [-0.3, -0.25) is 0 Å². The highest BCUT2D eigenvalue weighted by molar-refractivity contribution is 9.10. The summed E-state index contributed by atoms with van der Waals surface area (Å²) in [4.78, 5) is 0. The minimum Gasteiger partial charge on any atom is -0.304 e. The second-order valence-corrected chi connectivity index (χ2v) is 7.23. The van der Waals surface area contributed by atoms with Gasteiger partial charge in [0.15, 0.2) is 11.6 Å². The van der Waals surface area contributed by atoms with Gasteiger partial charge in [-0.25, -0.2) is 8.78 Å². The lowest BCUT2D eigenvalue weighted by atomic mass is 9.68. The summed E-state index contributed by atoms with van der Waals surface area (Å²) in [6.07, 6.45) is 2.62. The third-order valence-corrected chi connectivity index (χ3v) is 5.57. The van der Waals surface area contributed by atoms with Crippen LogP contribution >= 0.6 is 15.9 Å². The minimum atomic E-state index is -0.775. The average molecular weight is 362 g/mol. The maximum atomic E-state index is 13.9. The molecule has 0 bridgehead atoms. The quantitative estimate of drug-likeness (QED) is 0.695. The Bertz CT molecular complexity index is 815. The van der Waals surface area contributed by atoms with E-state index in [4.69, 9.17) is 5.41 Å². The van der Waals surface area contributed by atoms with Crippen LogP contribution in [-0.4, -0.2) is 5.71 Å². The smallest absolute Gasteiger partial charge is 0.162 e. The molecule has 0 heterocycles. The first-order chi connectivity index (χ1) is 10.5. The molecule has 1 atom stereocenters. The van der Waals surface area contributed by atoms with Crippen LogP contribution in [0.5, 0.6) is 0 Å². The average Bonchev–Trinajstić information content (AvgIpc) is 2.76. The molecule has 0 saturated heterocycles. The summed E-state index contributed by atoms with van der Waals surface area (Å²) in [5, 5.41) is 8.62. The highest BCUT2D eigenvalue weighted by Gasteiger charge is 2.45. The number of fused-ring (bicyclic) bond motifs is 2. The zero-order chi connectivity index (χ0) is 15.5. The zero-order valence-electron chi connectivity index (χ0n) is 11.8. The maximum absolute atomic E-state index is 13.9. The Morgan fingerprint density at radius 2 is 1.77 bits per heavy atom. The van der Waals surface area contributed by atoms with E-state index in [9.17, 15) is 8.78 Å². The van der Waals surface area contributed by atoms with Crippen LogP contribution in [0.15, 0.2) is 34.8 Å². The van der Waals surface area contributed by atoms with Gasteiger partial charge in [0.1, 0.15) is 0 Å². The Morgan fingerprint density at radius 3 is 2.59 bits per heavy atom. The van der Waals surface area contributed by atoms with Crippen molar-refractivity contribution in [1.82, 2.24) is 0 Å². The molecule has 0 aromatic heterocycles. The summed E-state index contributed by atoms with van der Waals surface area (Å²) in [6, 6.07) is 8.93. The van der Waals surface area contributed by atoms with E-state index in [1.54, 1.807) is 6.07 Å². The molecular weight excluding hydrogens is 348 g/mol. The number of rotatable bonds is 0. The normalized spacial score (nSPS) is 22.8. The van der Waals surface area contributed by atoms with E-state index in [1.165, 1.54) is 11.6 Å². The molecule has 2 aliphatic rings. The maximum Gasteiger partial charge on any atom is 0.162 e. The second kappa shape index (κ2) is 4.72. The minimum absolute atomic E-state index is 0.263. The fraction of sp³-hybridized carbons (Fsp3) is 0.278. The van der Waals surface area contributed by atoms with Gasteiger partial charge in [0, 0.05) is 21.2 Å². The SMILES string of the molecule is N=C1c2cc(Br)ccc2CC12CCc1c(ccc(F)c1F)C2. The monoisotopic (exact) mass is 361 g/mol. The Kier molecular flexibility index (Phi) is 3.02. The largest absolute Gasteiger partial charge is 0.304 e. The van der Waals surface area contributed by atoms with Crippen molar-refractivity contribution in [2.24, 2.45) is 5.41 Å². The highest BCUT2D eigenvalue weighted by atomic mass is 79.9. The van der Waals surface area contributed by atoms with Gasteiger partial charge in [-0.2, -0.15) is 0 Å². The topological polar surface area (TPSA) is 23.9 Å². The van der Waals surface area contributed by atoms with Crippen LogP contribution in [0.1, 0.15) is 28.7 Å². The van der Waals surface area contributed by atoms with Gasteiger partial charge in [-0.05, 0) is 60.6 Å². The molecule has 2 aromatic carbocycles. The molecule has 22 heavy (non-hydrogen) atoms. The van der Waals surface area contributed by atoms with Crippen molar-refractivity contribution in [3.63, 3.8) is 0 Å². The van der Waals surface area contributed by atoms with Gasteiger partial charge in [-0.1, -0.05) is 28.1 Å². The van der Waals surface area contributed by atoms with Crippen molar-refractivity contribution in [2.75, 3.05) is 0 Å². The molecule has 0 amide bonds. The Balaban J connectivity index is 1.77. The lowest BCUT2D eigenvalue weighted by molar-refractivity contribution is 0.360. The van der Waals surface area contributed by atoms with E-state index < -0.39 is 11.6 Å². The molecule has 2 aromatic rings. The number of benzene rings is 2. The van der Waals surface area contributed by atoms with Gasteiger partial charge in [0.2, 0.25) is 0 Å². The van der Waals surface area contributed by atoms with Crippen molar-refractivity contribution < 1.29 is 8.78 Å². The molecule has 0 fully saturated rings. The van der Waals surface area contributed by atoms with E-state index in [1.807, 2.05) is 12.1 Å². The number of hydrogen-bond donors (Lipinski definition) is 1. The number of halogens is 3. The van der Waals surface area contributed by atoms with Crippen molar-refractivity contribution >= 4 is 21.6 Å². The lowest BCUT2D eigenvalue weighted by Crippen LogP contribution is -2.35. The molecule has 1 spiro atoms. The van der Waals surface area contributed by atoms with Gasteiger partial charge >= 0.3 is 0 Å². The van der Waals surface area contributed by atoms with Gasteiger partial charge in [0.25, 0.3) is 0 Å². The van der Waals surface area contributed by atoms with E-state index in [2.05, 4.69) is 22.0 Å². The first-order valence-electron chi connectivity index (χ1n) is 7.34. The Hall–Kier alpha value is -1.55. The molecule has 4 rings (SSSR count). The fourth-order valence-electron chi connectivity index (χ4n) is 3.92. The van der Waals surface area contributed by atoms with Crippen LogP contribution in [0.25, 0.3) is 0 Å². The molecule has 2 aliphatic carbocycles. The van der Waals surface area contributed by atoms with Crippen LogP contribution in [0, 0.1) is 22.5 Å². The van der Waals surface area contributed by atoms with E-state index >= 15 is 0 Å². The van der Waals surface area contributed by atoms with Crippen LogP contribution in [0.4, 0.5) is 8.78 Å². The van der Waals surface area contributed by atoms with Gasteiger partial charge in [-0.15, -0.1) is 0 Å². The predicted octanol–water partition coefficient (Wildman–Crippen LogP) is 4.83. The summed E-state index contributed by atoms with van der Waals surface area (Å²) >= 11 is 3.46. The van der Waals surface area contributed by atoms with Crippen LogP contribution in [-0.2, 0) is 19.3 Å². The van der Waals surface area contributed by atoms with E-state index in [0.717, 1.165) is 22.0 Å². The van der Waals surface area contributed by atoms with E-state index in [0.29, 0.717) is 30.5 Å². The molecule has 1 nitrogen and oxygen atoms in total. The predicted molar refractivity (Wildman–Crippen MR) is 85.5 cm³/mol. The first kappa shape index (κ1) is 14.1. The molecule has 1 N–H and O–H groups in total. The Morgan fingerprint density at radius 1 is 1.05 bits per heavy atom. The molecule has 4 heteroatoms.